The quantitative estimate of drug-likeness (QED) is 0.803. The second-order valence-corrected chi connectivity index (χ2v) is 4.64. The molecule has 0 fully saturated rings. The number of hydrogen-bond donors (Lipinski definition) is 1. The number of nitrogens with two attached hydrogens (primary N) is 1. The van der Waals surface area contributed by atoms with E-state index in [1.54, 1.807) is 24.5 Å². The lowest BCUT2D eigenvalue weighted by molar-refractivity contribution is 0.410. The zero-order valence-electron chi connectivity index (χ0n) is 11.5. The highest BCUT2D eigenvalue weighted by Crippen LogP contribution is 2.28. The number of fused-ring (bicyclic) bond motifs is 1. The second kappa shape index (κ2) is 5.46. The predicted octanol–water partition coefficient (Wildman–Crippen LogP) is 2.83. The second-order valence-electron chi connectivity index (χ2n) is 4.64. The van der Waals surface area contributed by atoms with Crippen LogP contribution in [0.15, 0.2) is 48.8 Å². The highest BCUT2D eigenvalue weighted by molar-refractivity contribution is 5.78. The van der Waals surface area contributed by atoms with Crippen LogP contribution < -0.4 is 10.5 Å². The molecule has 0 saturated carbocycles. The number of ether oxygens (including phenoxy) is 1. The van der Waals surface area contributed by atoms with Gasteiger partial charge in [0.1, 0.15) is 11.6 Å². The van der Waals surface area contributed by atoms with Crippen LogP contribution in [0.1, 0.15) is 17.2 Å². The number of rotatable bonds is 3. The van der Waals surface area contributed by atoms with Crippen molar-refractivity contribution in [3.63, 3.8) is 0 Å². The van der Waals surface area contributed by atoms with E-state index in [1.165, 1.54) is 13.2 Å². The summed E-state index contributed by atoms with van der Waals surface area (Å²) in [7, 11) is 1.49. The lowest BCUT2D eigenvalue weighted by atomic mass is 9.97. The van der Waals surface area contributed by atoms with Crippen molar-refractivity contribution in [2.75, 3.05) is 7.11 Å². The summed E-state index contributed by atoms with van der Waals surface area (Å²) >= 11 is 0. The first kappa shape index (κ1) is 13.5. The summed E-state index contributed by atoms with van der Waals surface area (Å²) in [5, 5.41) is 0. The number of methoxy groups -OCH3 is 1. The third kappa shape index (κ3) is 2.43. The van der Waals surface area contributed by atoms with Gasteiger partial charge in [-0.3, -0.25) is 9.97 Å². The maximum atomic E-state index is 14.2. The molecule has 0 aliphatic carbocycles. The fourth-order valence-corrected chi connectivity index (χ4v) is 2.32. The summed E-state index contributed by atoms with van der Waals surface area (Å²) in [6.07, 6.45) is 3.22. The number of hydrogen-bond acceptors (Lipinski definition) is 4. The van der Waals surface area contributed by atoms with Gasteiger partial charge < -0.3 is 10.5 Å². The molecular formula is C16H14FN3O. The van der Waals surface area contributed by atoms with Crippen LogP contribution in [0.5, 0.6) is 5.75 Å². The van der Waals surface area contributed by atoms with Crippen molar-refractivity contribution in [3.05, 3.63) is 65.7 Å². The molecule has 2 N–H and O–H groups in total. The van der Waals surface area contributed by atoms with Gasteiger partial charge in [-0.05, 0) is 12.1 Å². The van der Waals surface area contributed by atoms with Gasteiger partial charge in [-0.15, -0.1) is 0 Å². The Kier molecular flexibility index (Phi) is 3.50. The lowest BCUT2D eigenvalue weighted by Crippen LogP contribution is -2.14. The maximum absolute atomic E-state index is 14.2. The van der Waals surface area contributed by atoms with E-state index in [4.69, 9.17) is 10.5 Å². The molecule has 106 valence electrons. The third-order valence-corrected chi connectivity index (χ3v) is 3.41. The molecule has 0 saturated heterocycles. The summed E-state index contributed by atoms with van der Waals surface area (Å²) in [4.78, 5) is 8.54. The first-order valence-electron chi connectivity index (χ1n) is 6.49. The molecule has 0 aliphatic rings. The average Bonchev–Trinajstić information content (AvgIpc) is 2.53. The summed E-state index contributed by atoms with van der Waals surface area (Å²) in [6, 6.07) is 9.56. The Balaban J connectivity index is 2.10. The Morgan fingerprint density at radius 2 is 1.90 bits per heavy atom. The molecule has 0 spiro atoms. The Morgan fingerprint density at radius 1 is 1.10 bits per heavy atom. The third-order valence-electron chi connectivity index (χ3n) is 3.41. The van der Waals surface area contributed by atoms with Crippen molar-refractivity contribution in [1.29, 1.82) is 0 Å². The van der Waals surface area contributed by atoms with Crippen LogP contribution >= 0.6 is 0 Å². The maximum Gasteiger partial charge on any atom is 0.132 e. The topological polar surface area (TPSA) is 61.0 Å². The van der Waals surface area contributed by atoms with E-state index < -0.39 is 11.9 Å². The fraction of sp³-hybridized carbons (Fsp3) is 0.125. The highest BCUT2D eigenvalue weighted by Gasteiger charge is 2.17. The van der Waals surface area contributed by atoms with E-state index >= 15 is 0 Å². The van der Waals surface area contributed by atoms with Crippen LogP contribution in [0.2, 0.25) is 0 Å². The van der Waals surface area contributed by atoms with E-state index in [2.05, 4.69) is 9.97 Å². The molecule has 0 bridgehead atoms. The van der Waals surface area contributed by atoms with Crippen molar-refractivity contribution < 1.29 is 9.13 Å². The minimum Gasteiger partial charge on any atom is -0.497 e. The van der Waals surface area contributed by atoms with Gasteiger partial charge in [0.15, 0.2) is 0 Å². The van der Waals surface area contributed by atoms with Gasteiger partial charge in [0.25, 0.3) is 0 Å². The monoisotopic (exact) mass is 283 g/mol. The van der Waals surface area contributed by atoms with Crippen molar-refractivity contribution in [1.82, 2.24) is 9.97 Å². The van der Waals surface area contributed by atoms with Crippen molar-refractivity contribution in [2.24, 2.45) is 5.73 Å². The van der Waals surface area contributed by atoms with E-state index in [0.29, 0.717) is 16.8 Å². The molecule has 5 heteroatoms. The van der Waals surface area contributed by atoms with Crippen LogP contribution in [-0.4, -0.2) is 17.1 Å². The zero-order valence-corrected chi connectivity index (χ0v) is 11.5. The molecule has 3 aromatic rings. The van der Waals surface area contributed by atoms with E-state index in [-0.39, 0.29) is 0 Å². The first-order chi connectivity index (χ1) is 10.2. The van der Waals surface area contributed by atoms with Gasteiger partial charge in [-0.1, -0.05) is 18.2 Å². The Morgan fingerprint density at radius 3 is 2.67 bits per heavy atom. The standard InChI is InChI=1S/C16H14FN3O/c1-21-10-5-6-11(13(17)9-10)15(18)12-3-2-4-14-16(12)20-8-7-19-14/h2-9,15H,18H2,1H3. The number of halogens is 1. The molecule has 2 aromatic carbocycles. The SMILES string of the molecule is COc1ccc(C(N)c2cccc3nccnc23)c(F)c1. The molecular weight excluding hydrogens is 269 g/mol. The van der Waals surface area contributed by atoms with Crippen molar-refractivity contribution >= 4 is 11.0 Å². The molecule has 1 heterocycles. The molecule has 21 heavy (non-hydrogen) atoms. The van der Waals surface area contributed by atoms with Gasteiger partial charge in [-0.25, -0.2) is 4.39 Å². The number of nitrogens with zero attached hydrogens (tertiary/aromatic N) is 2. The normalized spacial score (nSPS) is 12.3. The molecule has 0 radical (unpaired) electrons. The number of para-hydroxylation sites is 1. The Hall–Kier alpha value is -2.53. The molecule has 1 atom stereocenters. The lowest BCUT2D eigenvalue weighted by Gasteiger charge is -2.15. The van der Waals surface area contributed by atoms with E-state index in [0.717, 1.165) is 11.1 Å². The summed E-state index contributed by atoms with van der Waals surface area (Å²) < 4.78 is 19.2. The molecule has 0 aliphatic heterocycles. The van der Waals surface area contributed by atoms with Gasteiger partial charge in [-0.2, -0.15) is 0 Å². The van der Waals surface area contributed by atoms with Gasteiger partial charge >= 0.3 is 0 Å². The summed E-state index contributed by atoms with van der Waals surface area (Å²) in [6.45, 7) is 0. The minimum atomic E-state index is -0.615. The van der Waals surface area contributed by atoms with Gasteiger partial charge in [0, 0.05) is 29.6 Å². The number of aromatic nitrogens is 2. The van der Waals surface area contributed by atoms with Crippen LogP contribution in [0.3, 0.4) is 0 Å². The average molecular weight is 283 g/mol. The smallest absolute Gasteiger partial charge is 0.132 e. The Bertz CT molecular complexity index is 786. The summed E-state index contributed by atoms with van der Waals surface area (Å²) in [5.74, 6) is 0.0592. The number of benzene rings is 2. The van der Waals surface area contributed by atoms with Crippen LogP contribution in [0, 0.1) is 5.82 Å². The van der Waals surface area contributed by atoms with Crippen LogP contribution in [0.4, 0.5) is 4.39 Å². The molecule has 1 aromatic heterocycles. The molecule has 3 rings (SSSR count). The zero-order chi connectivity index (χ0) is 14.8. The minimum absolute atomic E-state index is 0.397. The van der Waals surface area contributed by atoms with Crippen LogP contribution in [0.25, 0.3) is 11.0 Å². The van der Waals surface area contributed by atoms with Crippen molar-refractivity contribution in [3.8, 4) is 5.75 Å². The Labute approximate surface area is 121 Å². The van der Waals surface area contributed by atoms with Gasteiger partial charge in [0.2, 0.25) is 0 Å². The van der Waals surface area contributed by atoms with Crippen molar-refractivity contribution in [2.45, 2.75) is 6.04 Å². The molecule has 0 amide bonds. The van der Waals surface area contributed by atoms with E-state index in [9.17, 15) is 4.39 Å². The van der Waals surface area contributed by atoms with E-state index in [1.807, 2.05) is 18.2 Å². The van der Waals surface area contributed by atoms with Crippen LogP contribution in [-0.2, 0) is 0 Å². The molecule has 1 unspecified atom stereocenters. The predicted molar refractivity (Wildman–Crippen MR) is 78.5 cm³/mol. The fourth-order valence-electron chi connectivity index (χ4n) is 2.32. The first-order valence-corrected chi connectivity index (χ1v) is 6.49. The summed E-state index contributed by atoms with van der Waals surface area (Å²) in [5.41, 5.74) is 8.78. The molecule has 4 nitrogen and oxygen atoms in total. The van der Waals surface area contributed by atoms with Gasteiger partial charge in [0.05, 0.1) is 24.2 Å². The largest absolute Gasteiger partial charge is 0.497 e. The highest BCUT2D eigenvalue weighted by atomic mass is 19.1.